The Morgan fingerprint density at radius 1 is 1.09 bits per heavy atom. The zero-order chi connectivity index (χ0) is 22.8. The van der Waals surface area contributed by atoms with E-state index >= 15 is 0 Å². The van der Waals surface area contributed by atoms with Crippen molar-refractivity contribution < 1.29 is 14.3 Å². The van der Waals surface area contributed by atoms with Gasteiger partial charge in [0.15, 0.2) is 5.69 Å². The molecule has 0 atom stereocenters. The van der Waals surface area contributed by atoms with E-state index in [4.69, 9.17) is 4.74 Å². The van der Waals surface area contributed by atoms with Gasteiger partial charge in [-0.3, -0.25) is 9.59 Å². The lowest BCUT2D eigenvalue weighted by atomic mass is 10.1. The molecule has 7 nitrogen and oxygen atoms in total. The van der Waals surface area contributed by atoms with Crippen molar-refractivity contribution >= 4 is 39.0 Å². The Morgan fingerprint density at radius 3 is 2.53 bits per heavy atom. The minimum atomic E-state index is -0.631. The third-order valence-electron chi connectivity index (χ3n) is 4.91. The number of thiophene rings is 1. The first-order chi connectivity index (χ1) is 15.4. The van der Waals surface area contributed by atoms with E-state index in [-0.39, 0.29) is 23.6 Å². The first-order valence-electron chi connectivity index (χ1n) is 10.1. The van der Waals surface area contributed by atoms with Crippen molar-refractivity contribution in [2.45, 2.75) is 20.8 Å². The molecule has 0 saturated carbocycles. The maximum absolute atomic E-state index is 13.4. The molecule has 0 aliphatic carbocycles. The maximum Gasteiger partial charge on any atom is 0.359 e. The summed E-state index contributed by atoms with van der Waals surface area (Å²) in [6.45, 7) is 5.71. The lowest BCUT2D eigenvalue weighted by molar-refractivity contribution is 0.0520. The molecule has 0 aliphatic rings. The third kappa shape index (κ3) is 4.04. The number of amides is 1. The number of hydrogen-bond donors (Lipinski definition) is 1. The van der Waals surface area contributed by atoms with E-state index in [0.29, 0.717) is 21.6 Å². The minimum Gasteiger partial charge on any atom is -0.461 e. The Kier molecular flexibility index (Phi) is 5.87. The lowest BCUT2D eigenvalue weighted by Crippen LogP contribution is -2.25. The highest BCUT2D eigenvalue weighted by molar-refractivity contribution is 7.16. The van der Waals surface area contributed by atoms with Crippen LogP contribution in [0.2, 0.25) is 0 Å². The molecule has 4 rings (SSSR count). The maximum atomic E-state index is 13.4. The number of hydrogen-bond acceptors (Lipinski definition) is 6. The molecule has 8 heteroatoms. The third-order valence-corrected chi connectivity index (χ3v) is 5.80. The summed E-state index contributed by atoms with van der Waals surface area (Å²) >= 11 is 1.17. The first kappa shape index (κ1) is 21.5. The number of aryl methyl sites for hydroxylation is 2. The summed E-state index contributed by atoms with van der Waals surface area (Å²) in [5, 5.41) is 9.69. The summed E-state index contributed by atoms with van der Waals surface area (Å²) in [5.41, 5.74) is 2.55. The molecule has 0 bridgehead atoms. The van der Waals surface area contributed by atoms with Crippen molar-refractivity contribution in [3.8, 4) is 5.69 Å². The fourth-order valence-electron chi connectivity index (χ4n) is 3.31. The number of rotatable bonds is 5. The van der Waals surface area contributed by atoms with Gasteiger partial charge in [0.1, 0.15) is 5.00 Å². The van der Waals surface area contributed by atoms with Gasteiger partial charge in [-0.05, 0) is 50.6 Å². The van der Waals surface area contributed by atoms with E-state index in [9.17, 15) is 14.4 Å². The topological polar surface area (TPSA) is 90.3 Å². The van der Waals surface area contributed by atoms with Crippen molar-refractivity contribution in [3.05, 3.63) is 86.6 Å². The van der Waals surface area contributed by atoms with Gasteiger partial charge in [-0.15, -0.1) is 11.3 Å². The van der Waals surface area contributed by atoms with Crippen LogP contribution in [0.1, 0.15) is 38.9 Å². The molecule has 32 heavy (non-hydrogen) atoms. The first-order valence-corrected chi connectivity index (χ1v) is 10.9. The van der Waals surface area contributed by atoms with Crippen molar-refractivity contribution in [1.29, 1.82) is 0 Å². The molecule has 0 fully saturated rings. The molecule has 0 spiro atoms. The number of carbonyl (C=O) groups is 2. The van der Waals surface area contributed by atoms with E-state index in [0.717, 1.165) is 11.1 Å². The second-order valence-electron chi connectivity index (χ2n) is 7.30. The largest absolute Gasteiger partial charge is 0.461 e. The van der Waals surface area contributed by atoms with Crippen LogP contribution in [0.25, 0.3) is 16.5 Å². The highest BCUT2D eigenvalue weighted by Gasteiger charge is 2.23. The predicted octanol–water partition coefficient (Wildman–Crippen LogP) is 4.49. The Bertz CT molecular complexity index is 1390. The zero-order valence-electron chi connectivity index (χ0n) is 17.8. The van der Waals surface area contributed by atoms with Gasteiger partial charge in [0, 0.05) is 16.3 Å². The van der Waals surface area contributed by atoms with Crippen LogP contribution in [0.5, 0.6) is 0 Å². The van der Waals surface area contributed by atoms with Crippen LogP contribution in [0.3, 0.4) is 0 Å². The number of nitrogens with one attached hydrogen (secondary N) is 1. The highest BCUT2D eigenvalue weighted by Crippen LogP contribution is 2.31. The van der Waals surface area contributed by atoms with Gasteiger partial charge >= 0.3 is 5.97 Å². The summed E-state index contributed by atoms with van der Waals surface area (Å²) in [6.07, 6.45) is 0. The fraction of sp³-hybridized carbons (Fsp3) is 0.167. The average Bonchev–Trinajstić information content (AvgIpc) is 3.18. The van der Waals surface area contributed by atoms with Crippen LogP contribution >= 0.6 is 11.3 Å². The van der Waals surface area contributed by atoms with E-state index in [1.807, 2.05) is 32.0 Å². The molecule has 4 aromatic rings. The molecule has 162 valence electrons. The molecule has 0 aliphatic heterocycles. The molecule has 0 radical (unpaired) electrons. The number of esters is 1. The summed E-state index contributed by atoms with van der Waals surface area (Å²) in [4.78, 5) is 38.8. The van der Waals surface area contributed by atoms with Crippen LogP contribution in [0.15, 0.2) is 58.7 Å². The van der Waals surface area contributed by atoms with Crippen molar-refractivity contribution in [2.24, 2.45) is 0 Å². The van der Waals surface area contributed by atoms with Gasteiger partial charge in [0.05, 0.1) is 17.7 Å². The van der Waals surface area contributed by atoms with Crippen LogP contribution in [0, 0.1) is 13.8 Å². The van der Waals surface area contributed by atoms with Crippen LogP contribution < -0.4 is 10.9 Å². The van der Waals surface area contributed by atoms with Crippen LogP contribution in [-0.4, -0.2) is 28.3 Å². The molecule has 0 unspecified atom stereocenters. The van der Waals surface area contributed by atoms with Crippen LogP contribution in [-0.2, 0) is 4.74 Å². The number of fused-ring (bicyclic) bond motifs is 1. The summed E-state index contributed by atoms with van der Waals surface area (Å²) in [6, 6.07) is 14.4. The normalized spacial score (nSPS) is 10.8. The molecule has 1 amide bonds. The Balaban J connectivity index is 1.88. The zero-order valence-corrected chi connectivity index (χ0v) is 18.7. The smallest absolute Gasteiger partial charge is 0.359 e. The van der Waals surface area contributed by atoms with Gasteiger partial charge in [-0.25, -0.2) is 4.79 Å². The van der Waals surface area contributed by atoms with Gasteiger partial charge in [0.2, 0.25) is 0 Å². The summed E-state index contributed by atoms with van der Waals surface area (Å²) < 4.78 is 6.34. The van der Waals surface area contributed by atoms with Gasteiger partial charge < -0.3 is 10.1 Å². The lowest BCUT2D eigenvalue weighted by Gasteiger charge is -2.10. The van der Waals surface area contributed by atoms with Crippen LogP contribution in [0.4, 0.5) is 5.00 Å². The average molecular weight is 448 g/mol. The molecule has 1 N–H and O–H groups in total. The Morgan fingerprint density at radius 2 is 1.84 bits per heavy atom. The van der Waals surface area contributed by atoms with E-state index < -0.39 is 11.5 Å². The number of anilines is 1. The number of benzene rings is 2. The van der Waals surface area contributed by atoms with Crippen molar-refractivity contribution in [3.63, 3.8) is 0 Å². The van der Waals surface area contributed by atoms with Gasteiger partial charge in [-0.2, -0.15) is 9.78 Å². The minimum absolute atomic E-state index is 0.0232. The van der Waals surface area contributed by atoms with Gasteiger partial charge in [-0.1, -0.05) is 29.8 Å². The van der Waals surface area contributed by atoms with Gasteiger partial charge in [0.25, 0.3) is 11.5 Å². The molecular formula is C24H21N3O4S. The summed E-state index contributed by atoms with van der Waals surface area (Å²) in [5.74, 6) is -0.974. The van der Waals surface area contributed by atoms with E-state index in [1.165, 1.54) is 16.0 Å². The SMILES string of the molecule is CCOC(=O)c1nn(-c2cccc(C)c2)c(=O)c2c(NC(=O)c3ccc(C)cc3)scc12. The second kappa shape index (κ2) is 8.76. The monoisotopic (exact) mass is 447 g/mol. The van der Waals surface area contributed by atoms with Crippen molar-refractivity contribution in [2.75, 3.05) is 11.9 Å². The number of aromatic nitrogens is 2. The number of ether oxygens (including phenoxy) is 1. The standard InChI is InChI=1S/C24H21N3O4S/c1-4-31-24(30)20-18-13-32-22(25-21(28)16-10-8-14(2)9-11-16)19(18)23(29)27(26-20)17-7-5-6-15(3)12-17/h5-13H,4H2,1-3H3,(H,25,28). The molecule has 2 aromatic carbocycles. The molecule has 0 saturated heterocycles. The predicted molar refractivity (Wildman–Crippen MR) is 125 cm³/mol. The van der Waals surface area contributed by atoms with Crippen molar-refractivity contribution in [1.82, 2.24) is 9.78 Å². The number of nitrogens with zero attached hydrogens (tertiary/aromatic N) is 2. The Hall–Kier alpha value is -3.78. The summed E-state index contributed by atoms with van der Waals surface area (Å²) in [7, 11) is 0. The van der Waals surface area contributed by atoms with E-state index in [1.54, 1.807) is 42.6 Å². The molecule has 2 aromatic heterocycles. The highest BCUT2D eigenvalue weighted by atomic mass is 32.1. The van der Waals surface area contributed by atoms with E-state index in [2.05, 4.69) is 10.4 Å². The quantitative estimate of drug-likeness (QED) is 0.455. The fourth-order valence-corrected chi connectivity index (χ4v) is 4.24. The number of carbonyl (C=O) groups excluding carboxylic acids is 2. The Labute approximate surface area is 188 Å². The molecule has 2 heterocycles. The molecular weight excluding hydrogens is 426 g/mol. The second-order valence-corrected chi connectivity index (χ2v) is 8.18.